The van der Waals surface area contributed by atoms with E-state index in [4.69, 9.17) is 27.9 Å². The normalized spacial score (nSPS) is 15.2. The quantitative estimate of drug-likeness (QED) is 0.572. The van der Waals surface area contributed by atoms with Crippen molar-refractivity contribution in [1.29, 1.82) is 0 Å². The molecule has 6 nitrogen and oxygen atoms in total. The summed E-state index contributed by atoms with van der Waals surface area (Å²) in [5.41, 5.74) is 0. The van der Waals surface area contributed by atoms with Crippen LogP contribution in [-0.4, -0.2) is 56.3 Å². The number of sulfonamides is 1. The fourth-order valence-electron chi connectivity index (χ4n) is 3.09. The minimum Gasteiger partial charge on any atom is -0.491 e. The van der Waals surface area contributed by atoms with Crippen molar-refractivity contribution in [3.63, 3.8) is 0 Å². The zero-order valence-corrected chi connectivity index (χ0v) is 18.4. The second-order valence-electron chi connectivity index (χ2n) is 6.74. The Morgan fingerprint density at radius 3 is 2.40 bits per heavy atom. The Balaban J connectivity index is 1.47. The van der Waals surface area contributed by atoms with Crippen LogP contribution in [0.3, 0.4) is 0 Å². The Bertz CT molecular complexity index is 1010. The van der Waals surface area contributed by atoms with E-state index in [0.717, 1.165) is 0 Å². The van der Waals surface area contributed by atoms with E-state index in [-0.39, 0.29) is 52.7 Å². The van der Waals surface area contributed by atoms with Crippen molar-refractivity contribution in [1.82, 2.24) is 9.21 Å². The van der Waals surface area contributed by atoms with Gasteiger partial charge >= 0.3 is 0 Å². The van der Waals surface area contributed by atoms with Crippen LogP contribution in [0.25, 0.3) is 0 Å². The fraction of sp³-hybridized carbons (Fsp3) is 0.350. The van der Waals surface area contributed by atoms with E-state index in [9.17, 15) is 17.6 Å². The van der Waals surface area contributed by atoms with Crippen molar-refractivity contribution >= 4 is 39.1 Å². The summed E-state index contributed by atoms with van der Waals surface area (Å²) in [5, 5.41) is 0.453. The topological polar surface area (TPSA) is 66.9 Å². The molecule has 0 aliphatic carbocycles. The Morgan fingerprint density at radius 1 is 1.03 bits per heavy atom. The molecule has 3 rings (SSSR count). The molecule has 10 heteroatoms. The predicted octanol–water partition coefficient (Wildman–Crippen LogP) is 3.82. The van der Waals surface area contributed by atoms with Crippen LogP contribution < -0.4 is 4.74 Å². The minimum absolute atomic E-state index is 0.0713. The number of piperazine rings is 1. The number of carbonyl (C=O) groups is 1. The lowest BCUT2D eigenvalue weighted by atomic mass is 10.2. The zero-order chi connectivity index (χ0) is 21.7. The predicted molar refractivity (Wildman–Crippen MR) is 113 cm³/mol. The third-order valence-corrected chi connectivity index (χ3v) is 7.38. The van der Waals surface area contributed by atoms with Gasteiger partial charge in [0.25, 0.3) is 0 Å². The fourth-order valence-corrected chi connectivity index (χ4v) is 4.90. The summed E-state index contributed by atoms with van der Waals surface area (Å²) in [6.07, 6.45) is 0.683. The molecule has 0 unspecified atom stereocenters. The highest BCUT2D eigenvalue weighted by molar-refractivity contribution is 7.89. The molecule has 2 aromatic carbocycles. The highest BCUT2D eigenvalue weighted by atomic mass is 35.5. The van der Waals surface area contributed by atoms with Crippen molar-refractivity contribution in [2.24, 2.45) is 0 Å². The minimum atomic E-state index is -3.71. The van der Waals surface area contributed by atoms with E-state index in [1.54, 1.807) is 17.0 Å². The summed E-state index contributed by atoms with van der Waals surface area (Å²) in [6.45, 7) is 1.21. The molecule has 1 heterocycles. The lowest BCUT2D eigenvalue weighted by molar-refractivity contribution is -0.132. The third-order valence-electron chi connectivity index (χ3n) is 4.75. The van der Waals surface area contributed by atoms with E-state index in [0.29, 0.717) is 19.5 Å². The first-order chi connectivity index (χ1) is 14.3. The van der Waals surface area contributed by atoms with E-state index >= 15 is 0 Å². The first-order valence-corrected chi connectivity index (χ1v) is 11.6. The van der Waals surface area contributed by atoms with Gasteiger partial charge in [-0.1, -0.05) is 35.3 Å². The van der Waals surface area contributed by atoms with E-state index < -0.39 is 15.8 Å². The molecule has 1 fully saturated rings. The number of ether oxygens (including phenoxy) is 1. The van der Waals surface area contributed by atoms with Gasteiger partial charge in [-0.15, -0.1) is 0 Å². The number of halogens is 3. The van der Waals surface area contributed by atoms with Gasteiger partial charge in [0.15, 0.2) is 11.6 Å². The van der Waals surface area contributed by atoms with Gasteiger partial charge in [-0.25, -0.2) is 12.8 Å². The van der Waals surface area contributed by atoms with Gasteiger partial charge in [0, 0.05) is 32.6 Å². The Kier molecular flexibility index (Phi) is 7.57. The second-order valence-corrected chi connectivity index (χ2v) is 9.50. The molecule has 0 bridgehead atoms. The van der Waals surface area contributed by atoms with Crippen molar-refractivity contribution in [2.45, 2.75) is 17.7 Å². The average molecular weight is 475 g/mol. The molecular weight excluding hydrogens is 454 g/mol. The third kappa shape index (κ3) is 5.43. The number of carbonyl (C=O) groups excluding carboxylic acids is 1. The second kappa shape index (κ2) is 9.96. The van der Waals surface area contributed by atoms with Crippen LogP contribution in [0.4, 0.5) is 4.39 Å². The number of para-hydroxylation sites is 1. The van der Waals surface area contributed by atoms with Crippen LogP contribution in [0.1, 0.15) is 12.8 Å². The van der Waals surface area contributed by atoms with Crippen molar-refractivity contribution in [2.75, 3.05) is 32.8 Å². The molecule has 1 amide bonds. The monoisotopic (exact) mass is 474 g/mol. The number of nitrogens with zero attached hydrogens (tertiary/aromatic N) is 2. The van der Waals surface area contributed by atoms with Gasteiger partial charge in [-0.05, 0) is 36.8 Å². The molecule has 30 heavy (non-hydrogen) atoms. The van der Waals surface area contributed by atoms with Gasteiger partial charge in [0.1, 0.15) is 0 Å². The van der Waals surface area contributed by atoms with Gasteiger partial charge in [0.2, 0.25) is 15.9 Å². The zero-order valence-electron chi connectivity index (χ0n) is 16.1. The first kappa shape index (κ1) is 22.8. The number of hydrogen-bond donors (Lipinski definition) is 0. The number of rotatable bonds is 7. The lowest BCUT2D eigenvalue weighted by Gasteiger charge is -2.34. The van der Waals surface area contributed by atoms with Crippen molar-refractivity contribution < 1.29 is 22.3 Å². The molecule has 162 valence electrons. The Morgan fingerprint density at radius 2 is 1.73 bits per heavy atom. The first-order valence-electron chi connectivity index (χ1n) is 9.39. The maximum atomic E-state index is 13.5. The Hall–Kier alpha value is -1.87. The molecule has 0 radical (unpaired) electrons. The molecule has 1 aliphatic heterocycles. The summed E-state index contributed by atoms with van der Waals surface area (Å²) in [6, 6.07) is 10.3. The number of amides is 1. The SMILES string of the molecule is O=C(CCCOc1ccccc1F)N1CCN(S(=O)(=O)c2ccc(Cl)c(Cl)c2)CC1. The molecule has 1 saturated heterocycles. The molecule has 2 aromatic rings. The standard InChI is InChI=1S/C20H21Cl2FN2O4S/c21-16-8-7-15(14-17(16)22)30(27,28)25-11-9-24(10-12-25)20(26)6-3-13-29-19-5-2-1-4-18(19)23/h1-2,4-5,7-8,14H,3,6,9-13H2. The van der Waals surface area contributed by atoms with E-state index in [1.165, 1.54) is 34.6 Å². The molecule has 0 aromatic heterocycles. The molecule has 1 aliphatic rings. The molecule has 0 saturated carbocycles. The maximum absolute atomic E-state index is 13.5. The highest BCUT2D eigenvalue weighted by Gasteiger charge is 2.30. The number of hydrogen-bond acceptors (Lipinski definition) is 4. The average Bonchev–Trinajstić information content (AvgIpc) is 2.74. The van der Waals surface area contributed by atoms with Crippen molar-refractivity contribution in [3.8, 4) is 5.75 Å². The summed E-state index contributed by atoms with van der Waals surface area (Å²) < 4.78 is 45.7. The maximum Gasteiger partial charge on any atom is 0.243 e. The van der Waals surface area contributed by atoms with Crippen molar-refractivity contribution in [3.05, 3.63) is 58.3 Å². The summed E-state index contributed by atoms with van der Waals surface area (Å²) in [5.74, 6) is -0.368. The van der Waals surface area contributed by atoms with Crippen LogP contribution in [-0.2, 0) is 14.8 Å². The van der Waals surface area contributed by atoms with Gasteiger partial charge in [-0.3, -0.25) is 4.79 Å². The molecule has 0 N–H and O–H groups in total. The molecule has 0 atom stereocenters. The highest BCUT2D eigenvalue weighted by Crippen LogP contribution is 2.27. The van der Waals surface area contributed by atoms with Crippen LogP contribution in [0.2, 0.25) is 10.0 Å². The van der Waals surface area contributed by atoms with Crippen LogP contribution in [0.5, 0.6) is 5.75 Å². The molecular formula is C20H21Cl2FN2O4S. The van der Waals surface area contributed by atoms with Gasteiger partial charge < -0.3 is 9.64 Å². The van der Waals surface area contributed by atoms with Gasteiger partial charge in [0.05, 0.1) is 21.5 Å². The van der Waals surface area contributed by atoms with Gasteiger partial charge in [-0.2, -0.15) is 4.31 Å². The Labute approximate surface area is 185 Å². The van der Waals surface area contributed by atoms with Crippen LogP contribution in [0.15, 0.2) is 47.4 Å². The van der Waals surface area contributed by atoms with E-state index in [1.807, 2.05) is 0 Å². The molecule has 0 spiro atoms. The largest absolute Gasteiger partial charge is 0.491 e. The van der Waals surface area contributed by atoms with E-state index in [2.05, 4.69) is 0 Å². The smallest absolute Gasteiger partial charge is 0.243 e. The van der Waals surface area contributed by atoms with Crippen LogP contribution in [0, 0.1) is 5.82 Å². The summed E-state index contributed by atoms with van der Waals surface area (Å²) in [4.78, 5) is 14.1. The van der Waals surface area contributed by atoms with Crippen LogP contribution >= 0.6 is 23.2 Å². The summed E-state index contributed by atoms with van der Waals surface area (Å²) in [7, 11) is -3.71. The number of benzene rings is 2. The summed E-state index contributed by atoms with van der Waals surface area (Å²) >= 11 is 11.8. The lowest BCUT2D eigenvalue weighted by Crippen LogP contribution is -2.50.